The number of anilines is 1. The van der Waals surface area contributed by atoms with Gasteiger partial charge in [-0.15, -0.1) is 0 Å². The van der Waals surface area contributed by atoms with Crippen LogP contribution in [-0.4, -0.2) is 72.1 Å². The van der Waals surface area contributed by atoms with E-state index in [1.165, 1.54) is 12.3 Å². The SMILES string of the molecule is CN1CCN(CCCNC(=O)Nc2nc3cc(F)ncc3cc2-c2c(Cl)cccc2Cl)CC1. The van der Waals surface area contributed by atoms with E-state index in [1.807, 2.05) is 0 Å². The number of likely N-dealkylation sites (N-methyl/N-ethyl adjacent to an activating group) is 1. The van der Waals surface area contributed by atoms with Crippen molar-refractivity contribution in [3.63, 3.8) is 0 Å². The number of amides is 2. The lowest BCUT2D eigenvalue weighted by molar-refractivity contribution is 0.153. The lowest BCUT2D eigenvalue weighted by atomic mass is 10.0. The highest BCUT2D eigenvalue weighted by atomic mass is 35.5. The Morgan fingerprint density at radius 2 is 1.88 bits per heavy atom. The number of hydrogen-bond donors (Lipinski definition) is 2. The Bertz CT molecular complexity index is 1130. The fourth-order valence-corrected chi connectivity index (χ4v) is 4.41. The van der Waals surface area contributed by atoms with Gasteiger partial charge in [0, 0.05) is 61.5 Å². The van der Waals surface area contributed by atoms with E-state index in [2.05, 4.69) is 37.4 Å². The molecule has 1 saturated heterocycles. The van der Waals surface area contributed by atoms with Crippen LogP contribution in [0.15, 0.2) is 36.5 Å². The number of piperazine rings is 1. The summed E-state index contributed by atoms with van der Waals surface area (Å²) in [5.74, 6) is -0.419. The number of pyridine rings is 2. The topological polar surface area (TPSA) is 73.4 Å². The van der Waals surface area contributed by atoms with Gasteiger partial charge in [0.2, 0.25) is 5.95 Å². The standard InChI is InChI=1S/C23H25Cl2FN6O/c1-31-8-10-32(11-9-31)7-3-6-27-23(33)30-22-16(21-17(24)4-2-5-18(21)25)12-15-14-28-20(26)13-19(15)29-22/h2,4-5,12-14H,3,6-11H2,1H3,(H2,27,29,30,33). The van der Waals surface area contributed by atoms with E-state index in [0.29, 0.717) is 38.6 Å². The molecule has 1 aliphatic heterocycles. The van der Waals surface area contributed by atoms with Crippen LogP contribution in [0, 0.1) is 5.95 Å². The van der Waals surface area contributed by atoms with E-state index in [1.54, 1.807) is 24.3 Å². The number of benzene rings is 1. The fourth-order valence-electron chi connectivity index (χ4n) is 3.81. The summed E-state index contributed by atoms with van der Waals surface area (Å²) >= 11 is 12.8. The van der Waals surface area contributed by atoms with Crippen molar-refractivity contribution in [2.45, 2.75) is 6.42 Å². The number of fused-ring (bicyclic) bond motifs is 1. The van der Waals surface area contributed by atoms with Crippen LogP contribution in [0.5, 0.6) is 0 Å². The molecule has 2 amide bonds. The lowest BCUT2D eigenvalue weighted by Crippen LogP contribution is -2.45. The van der Waals surface area contributed by atoms with Gasteiger partial charge in [-0.3, -0.25) is 5.32 Å². The molecule has 0 spiro atoms. The molecule has 3 heterocycles. The largest absolute Gasteiger partial charge is 0.338 e. The highest BCUT2D eigenvalue weighted by molar-refractivity contribution is 6.39. The Morgan fingerprint density at radius 1 is 1.15 bits per heavy atom. The molecule has 3 aromatic rings. The molecule has 7 nitrogen and oxygen atoms in total. The summed E-state index contributed by atoms with van der Waals surface area (Å²) in [5, 5.41) is 7.07. The summed E-state index contributed by atoms with van der Waals surface area (Å²) < 4.78 is 13.7. The average molecular weight is 491 g/mol. The maximum Gasteiger partial charge on any atom is 0.320 e. The third-order valence-electron chi connectivity index (χ3n) is 5.66. The Hall–Kier alpha value is -2.52. The molecular formula is C23H25Cl2FN6O. The van der Waals surface area contributed by atoms with Gasteiger partial charge in [0.25, 0.3) is 0 Å². The van der Waals surface area contributed by atoms with Gasteiger partial charge in [-0.2, -0.15) is 4.39 Å². The van der Waals surface area contributed by atoms with Crippen LogP contribution in [0.1, 0.15) is 6.42 Å². The average Bonchev–Trinajstić information content (AvgIpc) is 2.78. The second-order valence-electron chi connectivity index (χ2n) is 8.06. The first-order valence-corrected chi connectivity index (χ1v) is 11.5. The van der Waals surface area contributed by atoms with Crippen LogP contribution < -0.4 is 10.6 Å². The molecule has 1 aliphatic rings. The maximum absolute atomic E-state index is 13.7. The number of hydrogen-bond acceptors (Lipinski definition) is 5. The number of rotatable bonds is 6. The monoisotopic (exact) mass is 490 g/mol. The van der Waals surface area contributed by atoms with Crippen molar-refractivity contribution >= 4 is 46.0 Å². The van der Waals surface area contributed by atoms with E-state index in [-0.39, 0.29) is 5.82 Å². The number of halogens is 3. The van der Waals surface area contributed by atoms with Crippen molar-refractivity contribution < 1.29 is 9.18 Å². The zero-order valence-electron chi connectivity index (χ0n) is 18.2. The van der Waals surface area contributed by atoms with Crippen LogP contribution >= 0.6 is 23.2 Å². The molecule has 0 bridgehead atoms. The van der Waals surface area contributed by atoms with E-state index in [9.17, 15) is 9.18 Å². The molecule has 2 aromatic heterocycles. The molecule has 4 rings (SSSR count). The Balaban J connectivity index is 1.49. The molecule has 174 valence electrons. The van der Waals surface area contributed by atoms with Gasteiger partial charge in [0.15, 0.2) is 0 Å². The molecule has 0 radical (unpaired) electrons. The van der Waals surface area contributed by atoms with Gasteiger partial charge in [0.05, 0.1) is 15.6 Å². The molecule has 1 fully saturated rings. The van der Waals surface area contributed by atoms with E-state index in [4.69, 9.17) is 23.2 Å². The van der Waals surface area contributed by atoms with Crippen molar-refractivity contribution in [1.29, 1.82) is 0 Å². The number of aromatic nitrogens is 2. The van der Waals surface area contributed by atoms with Gasteiger partial charge >= 0.3 is 6.03 Å². The van der Waals surface area contributed by atoms with Crippen molar-refractivity contribution in [2.24, 2.45) is 0 Å². The summed E-state index contributed by atoms with van der Waals surface area (Å²) in [4.78, 5) is 25.5. The number of carbonyl (C=O) groups excluding carboxylic acids is 1. The number of urea groups is 1. The molecule has 0 saturated carbocycles. The fraction of sp³-hybridized carbons (Fsp3) is 0.348. The summed E-state index contributed by atoms with van der Waals surface area (Å²) in [6.07, 6.45) is 2.22. The number of nitrogens with zero attached hydrogens (tertiary/aromatic N) is 4. The molecule has 10 heteroatoms. The Morgan fingerprint density at radius 3 is 2.61 bits per heavy atom. The third kappa shape index (κ3) is 5.89. The van der Waals surface area contributed by atoms with Gasteiger partial charge in [-0.1, -0.05) is 29.3 Å². The minimum absolute atomic E-state index is 0.236. The summed E-state index contributed by atoms with van der Waals surface area (Å²) in [6.45, 7) is 5.64. The molecule has 0 atom stereocenters. The smallest absolute Gasteiger partial charge is 0.320 e. The molecule has 33 heavy (non-hydrogen) atoms. The normalized spacial score (nSPS) is 15.0. The van der Waals surface area contributed by atoms with Crippen molar-refractivity contribution in [2.75, 3.05) is 51.6 Å². The van der Waals surface area contributed by atoms with Gasteiger partial charge in [-0.05, 0) is 38.2 Å². The van der Waals surface area contributed by atoms with Crippen LogP contribution in [0.25, 0.3) is 22.0 Å². The highest BCUT2D eigenvalue weighted by Crippen LogP contribution is 2.39. The maximum atomic E-state index is 13.7. The summed E-state index contributed by atoms with van der Waals surface area (Å²) in [5.41, 5.74) is 1.42. The van der Waals surface area contributed by atoms with E-state index >= 15 is 0 Å². The van der Waals surface area contributed by atoms with Crippen molar-refractivity contribution in [3.8, 4) is 11.1 Å². The van der Waals surface area contributed by atoms with Gasteiger partial charge < -0.3 is 15.1 Å². The first-order valence-electron chi connectivity index (χ1n) is 10.8. The van der Waals surface area contributed by atoms with E-state index in [0.717, 1.165) is 39.1 Å². The minimum Gasteiger partial charge on any atom is -0.338 e. The quantitative estimate of drug-likeness (QED) is 0.393. The van der Waals surface area contributed by atoms with Crippen LogP contribution in [0.4, 0.5) is 15.0 Å². The predicted molar refractivity (Wildman–Crippen MR) is 131 cm³/mol. The molecule has 1 aromatic carbocycles. The molecule has 0 aliphatic carbocycles. The van der Waals surface area contributed by atoms with Gasteiger partial charge in [0.1, 0.15) is 5.82 Å². The highest BCUT2D eigenvalue weighted by Gasteiger charge is 2.18. The predicted octanol–water partition coefficient (Wildman–Crippen LogP) is 4.50. The zero-order chi connectivity index (χ0) is 23.4. The second-order valence-corrected chi connectivity index (χ2v) is 8.87. The number of carbonyl (C=O) groups is 1. The van der Waals surface area contributed by atoms with Crippen LogP contribution in [0.3, 0.4) is 0 Å². The lowest BCUT2D eigenvalue weighted by Gasteiger charge is -2.32. The zero-order valence-corrected chi connectivity index (χ0v) is 19.8. The molecule has 0 unspecified atom stereocenters. The first-order chi connectivity index (χ1) is 15.9. The minimum atomic E-state index is -0.655. The number of nitrogens with one attached hydrogen (secondary N) is 2. The summed E-state index contributed by atoms with van der Waals surface area (Å²) in [7, 11) is 2.12. The molecule has 2 N–H and O–H groups in total. The van der Waals surface area contributed by atoms with E-state index < -0.39 is 12.0 Å². The Kier molecular flexibility index (Phi) is 7.60. The van der Waals surface area contributed by atoms with Crippen LogP contribution in [-0.2, 0) is 0 Å². The van der Waals surface area contributed by atoms with Crippen molar-refractivity contribution in [3.05, 3.63) is 52.5 Å². The molecular weight excluding hydrogens is 466 g/mol. The third-order valence-corrected chi connectivity index (χ3v) is 6.29. The Labute approximate surface area is 201 Å². The second kappa shape index (κ2) is 10.6. The first kappa shape index (κ1) is 23.6. The van der Waals surface area contributed by atoms with Crippen molar-refractivity contribution in [1.82, 2.24) is 25.1 Å². The summed E-state index contributed by atoms with van der Waals surface area (Å²) in [6, 6.07) is 7.70. The van der Waals surface area contributed by atoms with Crippen LogP contribution in [0.2, 0.25) is 10.0 Å². The van der Waals surface area contributed by atoms with Gasteiger partial charge in [-0.25, -0.2) is 14.8 Å².